The highest BCUT2D eigenvalue weighted by molar-refractivity contribution is 6.05. The fourth-order valence-corrected chi connectivity index (χ4v) is 6.53. The van der Waals surface area contributed by atoms with Crippen LogP contribution in [0, 0.1) is 12.8 Å². The Labute approximate surface area is 308 Å². The van der Waals surface area contributed by atoms with Crippen LogP contribution in [0.2, 0.25) is 0 Å². The van der Waals surface area contributed by atoms with E-state index in [1.165, 1.54) is 12.1 Å². The van der Waals surface area contributed by atoms with Crippen LogP contribution in [-0.2, 0) is 22.5 Å². The lowest BCUT2D eigenvalue weighted by Gasteiger charge is -2.41. The summed E-state index contributed by atoms with van der Waals surface area (Å²) in [6.07, 6.45) is 1.29. The van der Waals surface area contributed by atoms with E-state index in [1.54, 1.807) is 72.8 Å². The van der Waals surface area contributed by atoms with E-state index in [2.05, 4.69) is 16.0 Å². The Morgan fingerprint density at radius 3 is 2.11 bits per heavy atom. The van der Waals surface area contributed by atoms with Gasteiger partial charge in [-0.25, -0.2) is 4.79 Å². The second-order valence-electron chi connectivity index (χ2n) is 14.1. The third kappa shape index (κ3) is 8.75. The summed E-state index contributed by atoms with van der Waals surface area (Å²) < 4.78 is 7.19. The minimum absolute atomic E-state index is 0.0675. The van der Waals surface area contributed by atoms with Gasteiger partial charge in [-0.05, 0) is 87.7 Å². The Morgan fingerprint density at radius 1 is 0.830 bits per heavy atom. The summed E-state index contributed by atoms with van der Waals surface area (Å²) in [5.41, 5.74) is 4.00. The van der Waals surface area contributed by atoms with Gasteiger partial charge in [-0.2, -0.15) is 0 Å². The van der Waals surface area contributed by atoms with Crippen molar-refractivity contribution in [2.45, 2.75) is 52.3 Å². The van der Waals surface area contributed by atoms with E-state index in [-0.39, 0.29) is 36.2 Å². The van der Waals surface area contributed by atoms with Crippen LogP contribution in [0.25, 0.3) is 5.69 Å². The Balaban J connectivity index is 1.37. The lowest BCUT2D eigenvalue weighted by atomic mass is 9.85. The maximum absolute atomic E-state index is 14.9. The first-order valence-corrected chi connectivity index (χ1v) is 17.5. The van der Waals surface area contributed by atoms with Gasteiger partial charge < -0.3 is 35.3 Å². The van der Waals surface area contributed by atoms with Gasteiger partial charge in [0.15, 0.2) is 0 Å². The molecule has 53 heavy (non-hydrogen) atoms. The number of aryl methyl sites for hydroxylation is 1. The fraction of sp³-hybridized carbons (Fsp3) is 0.238. The SMILES string of the molecule is Cc1cc(C(=O)Nc2ccccc2)cn1-c1cc(O)ccc1C(=O)N1Cc2ccccc2C[C@H]1C(CNC(=O)OC(C)(C)C)C(=O)Nc1ccccc1. The third-order valence-electron chi connectivity index (χ3n) is 9.03. The number of benzene rings is 4. The maximum Gasteiger partial charge on any atom is 0.407 e. The van der Waals surface area contributed by atoms with Gasteiger partial charge in [0.05, 0.1) is 22.7 Å². The number of aromatic hydroxyl groups is 1. The number of amides is 4. The molecule has 1 unspecified atom stereocenters. The number of alkyl carbamates (subject to hydrolysis) is 1. The van der Waals surface area contributed by atoms with E-state index in [0.29, 0.717) is 34.7 Å². The van der Waals surface area contributed by atoms with E-state index in [1.807, 2.05) is 67.6 Å². The number of nitrogens with one attached hydrogen (secondary N) is 3. The number of hydrogen-bond donors (Lipinski definition) is 4. The van der Waals surface area contributed by atoms with Gasteiger partial charge in [0.1, 0.15) is 11.4 Å². The van der Waals surface area contributed by atoms with Crippen LogP contribution in [0.3, 0.4) is 0 Å². The zero-order valence-electron chi connectivity index (χ0n) is 30.1. The summed E-state index contributed by atoms with van der Waals surface area (Å²) in [5, 5.41) is 19.3. The lowest BCUT2D eigenvalue weighted by molar-refractivity contribution is -0.121. The number of ether oxygens (including phenoxy) is 1. The van der Waals surface area contributed by atoms with Crippen molar-refractivity contribution in [3.05, 3.63) is 143 Å². The second kappa shape index (κ2) is 15.5. The molecule has 4 aromatic carbocycles. The van der Waals surface area contributed by atoms with Crippen molar-refractivity contribution in [2.75, 3.05) is 17.2 Å². The number of rotatable bonds is 9. The molecular formula is C42H43N5O6. The zero-order valence-corrected chi connectivity index (χ0v) is 30.1. The Kier molecular flexibility index (Phi) is 10.6. The number of phenolic OH excluding ortho intramolecular Hbond substituents is 1. The number of fused-ring (bicyclic) bond motifs is 1. The van der Waals surface area contributed by atoms with E-state index in [4.69, 9.17) is 4.74 Å². The van der Waals surface area contributed by atoms with Gasteiger partial charge in [0.2, 0.25) is 5.91 Å². The van der Waals surface area contributed by atoms with Gasteiger partial charge in [0, 0.05) is 48.5 Å². The second-order valence-corrected chi connectivity index (χ2v) is 14.1. The molecule has 1 aliphatic heterocycles. The molecule has 5 aromatic rings. The van der Waals surface area contributed by atoms with E-state index < -0.39 is 29.6 Å². The highest BCUT2D eigenvalue weighted by Crippen LogP contribution is 2.33. The molecule has 0 aliphatic carbocycles. The molecule has 272 valence electrons. The average Bonchev–Trinajstić information content (AvgIpc) is 3.52. The topological polar surface area (TPSA) is 142 Å². The molecule has 1 aromatic heterocycles. The monoisotopic (exact) mass is 713 g/mol. The number of carbonyl (C=O) groups excluding carboxylic acids is 4. The van der Waals surface area contributed by atoms with Crippen LogP contribution in [0.4, 0.5) is 16.2 Å². The first kappa shape index (κ1) is 36.4. The lowest BCUT2D eigenvalue weighted by Crippen LogP contribution is -2.54. The molecule has 0 spiro atoms. The van der Waals surface area contributed by atoms with E-state index in [0.717, 1.165) is 11.1 Å². The molecule has 11 heteroatoms. The van der Waals surface area contributed by atoms with Gasteiger partial charge in [-0.3, -0.25) is 14.4 Å². The molecule has 0 bridgehead atoms. The first-order chi connectivity index (χ1) is 25.4. The number of nitrogens with zero attached hydrogens (tertiary/aromatic N) is 2. The predicted molar refractivity (Wildman–Crippen MR) is 203 cm³/mol. The fourth-order valence-electron chi connectivity index (χ4n) is 6.53. The van der Waals surface area contributed by atoms with Crippen molar-refractivity contribution in [3.63, 3.8) is 0 Å². The highest BCUT2D eigenvalue weighted by atomic mass is 16.6. The molecule has 11 nitrogen and oxygen atoms in total. The van der Waals surface area contributed by atoms with Crippen molar-refractivity contribution in [1.82, 2.24) is 14.8 Å². The molecule has 4 N–H and O–H groups in total. The molecule has 0 saturated carbocycles. The predicted octanol–water partition coefficient (Wildman–Crippen LogP) is 7.09. The van der Waals surface area contributed by atoms with Crippen LogP contribution < -0.4 is 16.0 Å². The Morgan fingerprint density at radius 2 is 1.45 bits per heavy atom. The van der Waals surface area contributed by atoms with Crippen LogP contribution >= 0.6 is 0 Å². The zero-order chi connectivity index (χ0) is 37.7. The molecule has 4 amide bonds. The number of anilines is 2. The Bertz CT molecular complexity index is 2120. The minimum atomic E-state index is -0.901. The molecule has 6 rings (SSSR count). The molecular weight excluding hydrogens is 670 g/mol. The van der Waals surface area contributed by atoms with Crippen LogP contribution in [0.1, 0.15) is 58.3 Å². The van der Waals surface area contributed by atoms with Crippen molar-refractivity contribution >= 4 is 35.2 Å². The molecule has 0 fully saturated rings. The largest absolute Gasteiger partial charge is 0.508 e. The van der Waals surface area contributed by atoms with Crippen LogP contribution in [0.15, 0.2) is 115 Å². The van der Waals surface area contributed by atoms with Crippen molar-refractivity contribution < 1.29 is 29.0 Å². The normalized spacial score (nSPS) is 14.4. The number of aromatic nitrogens is 1. The average molecular weight is 714 g/mol. The molecule has 2 atom stereocenters. The molecule has 0 saturated heterocycles. The smallest absolute Gasteiger partial charge is 0.407 e. The van der Waals surface area contributed by atoms with E-state index >= 15 is 0 Å². The third-order valence-corrected chi connectivity index (χ3v) is 9.03. The number of phenols is 1. The summed E-state index contributed by atoms with van der Waals surface area (Å²) in [4.78, 5) is 56.9. The summed E-state index contributed by atoms with van der Waals surface area (Å²) in [6.45, 7) is 7.16. The van der Waals surface area contributed by atoms with Crippen molar-refractivity contribution in [1.29, 1.82) is 0 Å². The summed E-state index contributed by atoms with van der Waals surface area (Å²) >= 11 is 0. The quantitative estimate of drug-likeness (QED) is 0.129. The van der Waals surface area contributed by atoms with E-state index in [9.17, 15) is 24.3 Å². The van der Waals surface area contributed by atoms with Gasteiger partial charge in [-0.15, -0.1) is 0 Å². The number of para-hydroxylation sites is 2. The maximum atomic E-state index is 14.9. The summed E-state index contributed by atoms with van der Waals surface area (Å²) in [5.74, 6) is -2.07. The van der Waals surface area contributed by atoms with Crippen molar-refractivity contribution in [3.8, 4) is 11.4 Å². The van der Waals surface area contributed by atoms with Gasteiger partial charge >= 0.3 is 6.09 Å². The number of hydrogen-bond acceptors (Lipinski definition) is 6. The molecule has 1 aliphatic rings. The van der Waals surface area contributed by atoms with Crippen LogP contribution in [-0.4, -0.2) is 56.6 Å². The van der Waals surface area contributed by atoms with Gasteiger partial charge in [0.25, 0.3) is 11.8 Å². The summed E-state index contributed by atoms with van der Waals surface area (Å²) in [6, 6.07) is 31.3. The summed E-state index contributed by atoms with van der Waals surface area (Å²) in [7, 11) is 0. The van der Waals surface area contributed by atoms with Gasteiger partial charge in [-0.1, -0.05) is 60.7 Å². The Hall–Kier alpha value is -6.36. The first-order valence-electron chi connectivity index (χ1n) is 17.5. The highest BCUT2D eigenvalue weighted by Gasteiger charge is 2.40. The molecule has 2 heterocycles. The number of carbonyl (C=O) groups is 4. The standard InChI is InChI=1S/C42H43N5O6/c1-27-21-30(38(49)44-31-15-7-5-8-16-31)26-46(27)37-23-33(48)19-20-34(37)40(51)47-25-29-14-12-11-13-28(29)22-36(47)35(24-43-41(52)53-42(2,3)4)39(50)45-32-17-9-6-10-18-32/h5-21,23,26,35-36,48H,22,24-25H2,1-4H3,(H,43,52)(H,44,49)(H,45,50)/t35?,36-/m0/s1. The molecule has 0 radical (unpaired) electrons. The van der Waals surface area contributed by atoms with Crippen molar-refractivity contribution in [2.24, 2.45) is 5.92 Å². The minimum Gasteiger partial charge on any atom is -0.508 e. The van der Waals surface area contributed by atoms with Crippen LogP contribution in [0.5, 0.6) is 5.75 Å².